The van der Waals surface area contributed by atoms with Crippen molar-refractivity contribution >= 4 is 23.6 Å². The molecule has 0 spiro atoms. The summed E-state index contributed by atoms with van der Waals surface area (Å²) in [5.41, 5.74) is 1.29. The van der Waals surface area contributed by atoms with Gasteiger partial charge in [0.05, 0.1) is 5.56 Å². The number of carbonyl (C=O) groups is 2. The van der Waals surface area contributed by atoms with Crippen LogP contribution in [0.15, 0.2) is 71.6 Å². The summed E-state index contributed by atoms with van der Waals surface area (Å²) in [7, 11) is 0. The minimum Gasteiger partial charge on any atom is -0.349 e. The second-order valence-electron chi connectivity index (χ2n) is 10.3. The van der Waals surface area contributed by atoms with Crippen molar-refractivity contribution in [1.29, 1.82) is 0 Å². The standard InChI is InChI=1S/C31H32F3N3O2S/c32-27-19-29(34)28(33)18-26(27)31(39)37-16-12-23(13-17-37)36-14-10-22(11-15-36)35-30(38)25-9-5-4-6-21(25)20-40-24-7-2-1-3-8-24/h1-9,18-19,22-23H,10-17,20H2,(H,35,38). The number of hydrogen-bond acceptors (Lipinski definition) is 4. The third-order valence-electron chi connectivity index (χ3n) is 7.77. The highest BCUT2D eigenvalue weighted by atomic mass is 32.2. The van der Waals surface area contributed by atoms with Gasteiger partial charge in [0.25, 0.3) is 11.8 Å². The fourth-order valence-corrected chi connectivity index (χ4v) is 6.43. The lowest BCUT2D eigenvalue weighted by Crippen LogP contribution is -2.51. The van der Waals surface area contributed by atoms with Gasteiger partial charge in [-0.3, -0.25) is 9.59 Å². The molecule has 5 rings (SSSR count). The van der Waals surface area contributed by atoms with Crippen LogP contribution in [0.3, 0.4) is 0 Å². The zero-order chi connectivity index (χ0) is 28.1. The van der Waals surface area contributed by atoms with E-state index < -0.39 is 28.9 Å². The molecule has 5 nitrogen and oxygen atoms in total. The summed E-state index contributed by atoms with van der Waals surface area (Å²) in [4.78, 5) is 30.9. The van der Waals surface area contributed by atoms with Crippen molar-refractivity contribution in [3.05, 3.63) is 101 Å². The molecular weight excluding hydrogens is 535 g/mol. The molecule has 2 saturated heterocycles. The van der Waals surface area contributed by atoms with Crippen molar-refractivity contribution in [2.24, 2.45) is 0 Å². The Morgan fingerprint density at radius 2 is 1.43 bits per heavy atom. The first kappa shape index (κ1) is 28.2. The monoisotopic (exact) mass is 567 g/mol. The van der Waals surface area contributed by atoms with Crippen LogP contribution in [-0.4, -0.2) is 59.9 Å². The normalized spacial score (nSPS) is 17.1. The highest BCUT2D eigenvalue weighted by molar-refractivity contribution is 7.98. The highest BCUT2D eigenvalue weighted by Gasteiger charge is 2.31. The van der Waals surface area contributed by atoms with Crippen LogP contribution in [0.2, 0.25) is 0 Å². The number of piperidine rings is 2. The molecule has 0 aromatic heterocycles. The Morgan fingerprint density at radius 1 is 0.775 bits per heavy atom. The number of hydrogen-bond donors (Lipinski definition) is 1. The number of halogens is 3. The third-order valence-corrected chi connectivity index (χ3v) is 8.83. The van der Waals surface area contributed by atoms with Crippen LogP contribution in [0.25, 0.3) is 0 Å². The van der Waals surface area contributed by atoms with Gasteiger partial charge in [0, 0.05) is 60.5 Å². The molecular formula is C31H32F3N3O2S. The molecule has 1 N–H and O–H groups in total. The van der Waals surface area contributed by atoms with Crippen LogP contribution >= 0.6 is 11.8 Å². The summed E-state index contributed by atoms with van der Waals surface area (Å²) in [6, 6.07) is 19.3. The average Bonchev–Trinajstić information content (AvgIpc) is 2.99. The molecule has 0 atom stereocenters. The van der Waals surface area contributed by atoms with Crippen LogP contribution in [0.4, 0.5) is 13.2 Å². The maximum absolute atomic E-state index is 14.1. The van der Waals surface area contributed by atoms with Gasteiger partial charge in [-0.05, 0) is 55.5 Å². The van der Waals surface area contributed by atoms with Gasteiger partial charge in [0.2, 0.25) is 0 Å². The van der Waals surface area contributed by atoms with Gasteiger partial charge in [0.15, 0.2) is 11.6 Å². The SMILES string of the molecule is O=C(NC1CCN(C2CCN(C(=O)c3cc(F)c(F)cc3F)CC2)CC1)c1ccccc1CSc1ccccc1. The van der Waals surface area contributed by atoms with Crippen LogP contribution < -0.4 is 5.32 Å². The molecule has 2 heterocycles. The summed E-state index contributed by atoms with van der Waals surface area (Å²) in [6.45, 7) is 2.53. The Kier molecular flexibility index (Phi) is 9.11. The topological polar surface area (TPSA) is 52.7 Å². The summed E-state index contributed by atoms with van der Waals surface area (Å²) >= 11 is 1.71. The van der Waals surface area contributed by atoms with Crippen LogP contribution in [0.5, 0.6) is 0 Å². The lowest BCUT2D eigenvalue weighted by atomic mass is 9.97. The first-order valence-electron chi connectivity index (χ1n) is 13.6. The van der Waals surface area contributed by atoms with Crippen LogP contribution in [0, 0.1) is 17.5 Å². The number of benzene rings is 3. The molecule has 3 aromatic carbocycles. The Bertz CT molecular complexity index is 1340. The van der Waals surface area contributed by atoms with Gasteiger partial charge in [-0.15, -0.1) is 11.8 Å². The van der Waals surface area contributed by atoms with E-state index in [-0.39, 0.29) is 18.0 Å². The quantitative estimate of drug-likeness (QED) is 0.286. The molecule has 0 unspecified atom stereocenters. The highest BCUT2D eigenvalue weighted by Crippen LogP contribution is 2.26. The molecule has 2 amide bonds. The van der Waals surface area contributed by atoms with Gasteiger partial charge in [0.1, 0.15) is 5.82 Å². The van der Waals surface area contributed by atoms with E-state index in [1.807, 2.05) is 42.5 Å². The van der Waals surface area contributed by atoms with Crippen molar-refractivity contribution in [1.82, 2.24) is 15.1 Å². The Balaban J connectivity index is 1.09. The molecule has 9 heteroatoms. The number of nitrogens with one attached hydrogen (secondary N) is 1. The lowest BCUT2D eigenvalue weighted by molar-refractivity contribution is 0.0562. The van der Waals surface area contributed by atoms with E-state index in [1.165, 1.54) is 4.90 Å². The Hall–Kier alpha value is -3.30. The van der Waals surface area contributed by atoms with Crippen LogP contribution in [0.1, 0.15) is 52.0 Å². The lowest BCUT2D eigenvalue weighted by Gasteiger charge is -2.42. The number of thioether (sulfide) groups is 1. The fourth-order valence-electron chi connectivity index (χ4n) is 5.51. The fraction of sp³-hybridized carbons (Fsp3) is 0.355. The van der Waals surface area contributed by atoms with Crippen molar-refractivity contribution in [2.75, 3.05) is 26.2 Å². The molecule has 3 aromatic rings. The molecule has 0 saturated carbocycles. The minimum absolute atomic E-state index is 0.0426. The van der Waals surface area contributed by atoms with Gasteiger partial charge in [-0.25, -0.2) is 13.2 Å². The second-order valence-corrected chi connectivity index (χ2v) is 11.4. The molecule has 2 aliphatic rings. The summed E-state index contributed by atoms with van der Waals surface area (Å²) in [5.74, 6) is -3.52. The zero-order valence-electron chi connectivity index (χ0n) is 22.1. The largest absolute Gasteiger partial charge is 0.349 e. The summed E-state index contributed by atoms with van der Waals surface area (Å²) in [5, 5.41) is 3.23. The van der Waals surface area contributed by atoms with E-state index in [0.29, 0.717) is 30.8 Å². The number of carbonyl (C=O) groups excluding carboxylic acids is 2. The maximum atomic E-state index is 14.1. The predicted octanol–water partition coefficient (Wildman–Crippen LogP) is 5.90. The van der Waals surface area contributed by atoms with Crippen molar-refractivity contribution < 1.29 is 22.8 Å². The minimum atomic E-state index is -1.31. The van der Waals surface area contributed by atoms with Crippen molar-refractivity contribution in [3.8, 4) is 0 Å². The Labute approximate surface area is 236 Å². The van der Waals surface area contributed by atoms with Crippen LogP contribution in [-0.2, 0) is 5.75 Å². The molecule has 0 radical (unpaired) electrons. The average molecular weight is 568 g/mol. The third kappa shape index (κ3) is 6.70. The van der Waals surface area contributed by atoms with E-state index in [9.17, 15) is 22.8 Å². The van der Waals surface area contributed by atoms with Crippen molar-refractivity contribution in [3.63, 3.8) is 0 Å². The van der Waals surface area contributed by atoms with Gasteiger partial charge >= 0.3 is 0 Å². The molecule has 40 heavy (non-hydrogen) atoms. The molecule has 210 valence electrons. The zero-order valence-corrected chi connectivity index (χ0v) is 22.9. The maximum Gasteiger partial charge on any atom is 0.256 e. The summed E-state index contributed by atoms with van der Waals surface area (Å²) in [6.07, 6.45) is 3.12. The first-order chi connectivity index (χ1) is 19.4. The second kappa shape index (κ2) is 12.9. The summed E-state index contributed by atoms with van der Waals surface area (Å²) < 4.78 is 40.9. The van der Waals surface area contributed by atoms with E-state index in [4.69, 9.17) is 0 Å². The van der Waals surface area contributed by atoms with Gasteiger partial charge < -0.3 is 15.1 Å². The van der Waals surface area contributed by atoms with E-state index in [2.05, 4.69) is 22.3 Å². The van der Waals surface area contributed by atoms with E-state index in [0.717, 1.165) is 55.0 Å². The number of likely N-dealkylation sites (tertiary alicyclic amines) is 2. The van der Waals surface area contributed by atoms with Gasteiger partial charge in [-0.2, -0.15) is 0 Å². The first-order valence-corrected chi connectivity index (χ1v) is 14.6. The van der Waals surface area contributed by atoms with Crippen molar-refractivity contribution in [2.45, 2.75) is 48.4 Å². The molecule has 2 aliphatic heterocycles. The molecule has 0 bridgehead atoms. The number of rotatable bonds is 7. The van der Waals surface area contributed by atoms with E-state index in [1.54, 1.807) is 11.8 Å². The predicted molar refractivity (Wildman–Crippen MR) is 150 cm³/mol. The number of amides is 2. The molecule has 0 aliphatic carbocycles. The van der Waals surface area contributed by atoms with E-state index >= 15 is 0 Å². The number of nitrogens with zero attached hydrogens (tertiary/aromatic N) is 2. The smallest absolute Gasteiger partial charge is 0.256 e. The Morgan fingerprint density at radius 3 is 2.15 bits per heavy atom. The molecule has 2 fully saturated rings. The van der Waals surface area contributed by atoms with Gasteiger partial charge in [-0.1, -0.05) is 36.4 Å².